The van der Waals surface area contributed by atoms with E-state index in [1.807, 2.05) is 6.07 Å². The summed E-state index contributed by atoms with van der Waals surface area (Å²) in [5, 5.41) is 0.493. The minimum atomic E-state index is -0.622. The fourth-order valence-corrected chi connectivity index (χ4v) is 3.20. The molecule has 4 nitrogen and oxygen atoms in total. The quantitative estimate of drug-likeness (QED) is 0.766. The minimum absolute atomic E-state index is 0.134. The Kier molecular flexibility index (Phi) is 3.27. The molecule has 0 unspecified atom stereocenters. The van der Waals surface area contributed by atoms with Gasteiger partial charge in [-0.05, 0) is 28.1 Å². The maximum absolute atomic E-state index is 12.4. The molecule has 1 aliphatic rings. The summed E-state index contributed by atoms with van der Waals surface area (Å²) in [4.78, 5) is 12.4. The molecule has 0 N–H and O–H groups in total. The number of benzene rings is 1. The van der Waals surface area contributed by atoms with Gasteiger partial charge in [-0.3, -0.25) is 4.79 Å². The van der Waals surface area contributed by atoms with Gasteiger partial charge >= 0.3 is 0 Å². The van der Waals surface area contributed by atoms with Crippen LogP contribution < -0.4 is 5.43 Å². The molecule has 18 heavy (non-hydrogen) atoms. The van der Waals surface area contributed by atoms with Crippen molar-refractivity contribution in [1.29, 1.82) is 0 Å². The molecule has 6 heteroatoms. The maximum Gasteiger partial charge on any atom is 0.201 e. The van der Waals surface area contributed by atoms with E-state index in [1.165, 1.54) is 6.26 Å². The highest BCUT2D eigenvalue weighted by atomic mass is 79.9. The number of ether oxygens (including phenoxy) is 2. The Hall–Kier alpha value is -0.690. The van der Waals surface area contributed by atoms with Crippen LogP contribution in [-0.4, -0.2) is 13.2 Å². The van der Waals surface area contributed by atoms with Crippen molar-refractivity contribution in [2.24, 2.45) is 0 Å². The molecule has 3 rings (SSSR count). The average molecular weight is 376 g/mol. The van der Waals surface area contributed by atoms with Crippen molar-refractivity contribution in [2.75, 3.05) is 13.2 Å². The van der Waals surface area contributed by atoms with E-state index in [2.05, 4.69) is 31.9 Å². The van der Waals surface area contributed by atoms with Crippen LogP contribution in [0.15, 0.2) is 36.6 Å². The van der Waals surface area contributed by atoms with E-state index >= 15 is 0 Å². The summed E-state index contributed by atoms with van der Waals surface area (Å²) in [6, 6.07) is 3.55. The fraction of sp³-hybridized carbons (Fsp3) is 0.250. The summed E-state index contributed by atoms with van der Waals surface area (Å²) in [6.07, 6.45) is 0.780. The van der Waals surface area contributed by atoms with Gasteiger partial charge in [-0.25, -0.2) is 0 Å². The van der Waals surface area contributed by atoms with Crippen LogP contribution in [0.5, 0.6) is 0 Å². The first kappa shape index (κ1) is 12.3. The normalized spacial score (nSPS) is 16.6. The van der Waals surface area contributed by atoms with E-state index < -0.39 is 6.29 Å². The van der Waals surface area contributed by atoms with Crippen LogP contribution in [0.1, 0.15) is 11.9 Å². The van der Waals surface area contributed by atoms with Crippen LogP contribution in [0, 0.1) is 0 Å². The van der Waals surface area contributed by atoms with Gasteiger partial charge in [0.05, 0.1) is 28.6 Å². The molecule has 0 amide bonds. The van der Waals surface area contributed by atoms with Crippen molar-refractivity contribution in [1.82, 2.24) is 0 Å². The summed E-state index contributed by atoms with van der Waals surface area (Å²) in [6.45, 7) is 0.981. The Labute approximate surface area is 119 Å². The van der Waals surface area contributed by atoms with Gasteiger partial charge in [0.25, 0.3) is 0 Å². The van der Waals surface area contributed by atoms with Gasteiger partial charge in [0.15, 0.2) is 11.9 Å². The van der Waals surface area contributed by atoms with E-state index in [-0.39, 0.29) is 5.43 Å². The van der Waals surface area contributed by atoms with Gasteiger partial charge in [-0.1, -0.05) is 15.9 Å². The molecule has 0 bridgehead atoms. The van der Waals surface area contributed by atoms with Crippen LogP contribution >= 0.6 is 31.9 Å². The van der Waals surface area contributed by atoms with Crippen molar-refractivity contribution in [3.05, 3.63) is 43.1 Å². The van der Waals surface area contributed by atoms with Crippen molar-refractivity contribution in [3.8, 4) is 0 Å². The third-order valence-electron chi connectivity index (χ3n) is 2.69. The zero-order valence-corrected chi connectivity index (χ0v) is 12.3. The first-order valence-corrected chi connectivity index (χ1v) is 6.89. The van der Waals surface area contributed by atoms with Gasteiger partial charge in [0.1, 0.15) is 6.26 Å². The summed E-state index contributed by atoms with van der Waals surface area (Å²) < 4.78 is 17.7. The van der Waals surface area contributed by atoms with E-state index in [0.717, 1.165) is 8.95 Å². The van der Waals surface area contributed by atoms with E-state index in [9.17, 15) is 4.79 Å². The van der Waals surface area contributed by atoms with Gasteiger partial charge < -0.3 is 13.9 Å². The summed E-state index contributed by atoms with van der Waals surface area (Å²) in [5.41, 5.74) is 0.778. The van der Waals surface area contributed by atoms with Crippen LogP contribution in [0.25, 0.3) is 11.0 Å². The summed E-state index contributed by atoms with van der Waals surface area (Å²) in [5.74, 6) is 0. The fourth-order valence-electron chi connectivity index (χ4n) is 1.88. The second-order valence-electron chi connectivity index (χ2n) is 3.86. The smallest absolute Gasteiger partial charge is 0.201 e. The minimum Gasteiger partial charge on any atom is -0.462 e. The van der Waals surface area contributed by atoms with Gasteiger partial charge in [-0.15, -0.1) is 0 Å². The molecule has 0 spiro atoms. The van der Waals surface area contributed by atoms with Crippen LogP contribution in [0.2, 0.25) is 0 Å². The number of rotatable bonds is 1. The lowest BCUT2D eigenvalue weighted by Gasteiger charge is -2.09. The topological polar surface area (TPSA) is 48.7 Å². The van der Waals surface area contributed by atoms with Crippen molar-refractivity contribution >= 4 is 42.8 Å². The lowest BCUT2D eigenvalue weighted by molar-refractivity contribution is -0.0457. The van der Waals surface area contributed by atoms with Crippen molar-refractivity contribution < 1.29 is 13.9 Å². The molecular formula is C12H8Br2O4. The maximum atomic E-state index is 12.4. The number of hydrogen-bond acceptors (Lipinski definition) is 4. The number of fused-ring (bicyclic) bond motifs is 1. The Morgan fingerprint density at radius 2 is 1.89 bits per heavy atom. The second kappa shape index (κ2) is 4.77. The number of halogens is 2. The molecule has 1 aromatic carbocycles. The predicted molar refractivity (Wildman–Crippen MR) is 72.5 cm³/mol. The lowest BCUT2D eigenvalue weighted by Crippen LogP contribution is -2.14. The van der Waals surface area contributed by atoms with Crippen LogP contribution in [0.4, 0.5) is 0 Å². The predicted octanol–water partition coefficient (Wildman–Crippen LogP) is 3.36. The average Bonchev–Trinajstić information content (AvgIpc) is 2.84. The van der Waals surface area contributed by atoms with Crippen molar-refractivity contribution in [3.63, 3.8) is 0 Å². The van der Waals surface area contributed by atoms with Gasteiger partial charge in [0.2, 0.25) is 5.43 Å². The summed E-state index contributed by atoms with van der Waals surface area (Å²) in [7, 11) is 0. The molecule has 1 saturated heterocycles. The molecule has 0 saturated carbocycles. The standard InChI is InChI=1S/C12H8Br2O4/c13-6-3-7-10(15)8(12-16-1-2-17-12)5-18-11(7)9(14)4-6/h3-5,12H,1-2H2. The third kappa shape index (κ3) is 2.03. The van der Waals surface area contributed by atoms with Gasteiger partial charge in [0, 0.05) is 4.47 Å². The third-order valence-corrected chi connectivity index (χ3v) is 3.74. The highest BCUT2D eigenvalue weighted by Gasteiger charge is 2.23. The Bertz CT molecular complexity index is 659. The highest BCUT2D eigenvalue weighted by molar-refractivity contribution is 9.11. The first-order valence-electron chi connectivity index (χ1n) is 5.30. The van der Waals surface area contributed by atoms with Crippen LogP contribution in [-0.2, 0) is 9.47 Å². The Morgan fingerprint density at radius 3 is 2.61 bits per heavy atom. The van der Waals surface area contributed by atoms with Crippen molar-refractivity contribution in [2.45, 2.75) is 6.29 Å². The molecule has 0 aliphatic carbocycles. The molecule has 2 heterocycles. The second-order valence-corrected chi connectivity index (χ2v) is 5.63. The molecule has 2 aromatic rings. The molecule has 1 aliphatic heterocycles. The van der Waals surface area contributed by atoms with E-state index in [4.69, 9.17) is 13.9 Å². The van der Waals surface area contributed by atoms with E-state index in [1.54, 1.807) is 6.07 Å². The van der Waals surface area contributed by atoms with Crippen LogP contribution in [0.3, 0.4) is 0 Å². The molecular weight excluding hydrogens is 368 g/mol. The molecule has 94 valence electrons. The largest absolute Gasteiger partial charge is 0.462 e. The lowest BCUT2D eigenvalue weighted by atomic mass is 10.1. The molecule has 0 atom stereocenters. The SMILES string of the molecule is O=c1c(C2OCCO2)coc2c(Br)cc(Br)cc12. The molecule has 1 aromatic heterocycles. The molecule has 0 radical (unpaired) electrons. The molecule has 1 fully saturated rings. The first-order chi connectivity index (χ1) is 8.66. The zero-order chi connectivity index (χ0) is 12.7. The van der Waals surface area contributed by atoms with Gasteiger partial charge in [-0.2, -0.15) is 0 Å². The zero-order valence-electron chi connectivity index (χ0n) is 9.11. The number of hydrogen-bond donors (Lipinski definition) is 0. The van der Waals surface area contributed by atoms with E-state index in [0.29, 0.717) is 29.7 Å². The monoisotopic (exact) mass is 374 g/mol. The summed E-state index contributed by atoms with van der Waals surface area (Å²) >= 11 is 6.72. The highest BCUT2D eigenvalue weighted by Crippen LogP contribution is 2.29. The Balaban J connectivity index is 2.25. The Morgan fingerprint density at radius 1 is 1.17 bits per heavy atom.